The molecule has 3 nitrogen and oxygen atoms in total. The summed E-state index contributed by atoms with van der Waals surface area (Å²) in [4.78, 5) is 9.98. The van der Waals surface area contributed by atoms with Gasteiger partial charge in [-0.2, -0.15) is 0 Å². The molecule has 2 aliphatic rings. The highest BCUT2D eigenvalue weighted by Crippen LogP contribution is 2.64. The van der Waals surface area contributed by atoms with Crippen molar-refractivity contribution >= 4 is 68.4 Å². The molecule has 0 heterocycles. The van der Waals surface area contributed by atoms with Crippen molar-refractivity contribution in [2.75, 3.05) is 0 Å². The molecule has 0 aliphatic heterocycles. The van der Waals surface area contributed by atoms with Crippen LogP contribution in [0.4, 0.5) is 0 Å². The summed E-state index contributed by atoms with van der Waals surface area (Å²) in [7, 11) is -3.38. The van der Waals surface area contributed by atoms with Crippen LogP contribution >= 0.6 is 7.14 Å². The Kier molecular flexibility index (Phi) is 8.15. The number of amidine groups is 1. The second-order valence-corrected chi connectivity index (χ2v) is 18.1. The first-order chi connectivity index (χ1) is 29.1. The molecule has 0 aromatic heterocycles. The van der Waals surface area contributed by atoms with Crippen LogP contribution in [0.3, 0.4) is 0 Å². The van der Waals surface area contributed by atoms with Gasteiger partial charge in [-0.15, -0.1) is 0 Å². The van der Waals surface area contributed by atoms with Crippen molar-refractivity contribution in [1.29, 1.82) is 0 Å². The molecule has 0 saturated heterocycles. The fraction of sp³-hybridized carbons (Fsp3) is 0.0182. The first-order valence-electron chi connectivity index (χ1n) is 19.9. The summed E-state index contributed by atoms with van der Waals surface area (Å²) in [6, 6.07) is 73.8. The number of fused-ring (bicyclic) bond motifs is 9. The lowest BCUT2D eigenvalue weighted by Crippen LogP contribution is -2.27. The van der Waals surface area contributed by atoms with Crippen molar-refractivity contribution in [3.63, 3.8) is 0 Å². The Morgan fingerprint density at radius 3 is 1.42 bits per heavy atom. The van der Waals surface area contributed by atoms with Gasteiger partial charge in [-0.3, -0.25) is 0 Å². The van der Waals surface area contributed by atoms with Gasteiger partial charge in [0.2, 0.25) is 0 Å². The van der Waals surface area contributed by atoms with Crippen molar-refractivity contribution in [2.24, 2.45) is 9.98 Å². The van der Waals surface area contributed by atoms with E-state index in [1.807, 2.05) is 66.7 Å². The van der Waals surface area contributed by atoms with Crippen LogP contribution in [-0.4, -0.2) is 12.6 Å². The van der Waals surface area contributed by atoms with Gasteiger partial charge in [0.05, 0.1) is 11.1 Å². The van der Waals surface area contributed by atoms with Crippen LogP contribution in [0.25, 0.3) is 43.9 Å². The van der Waals surface area contributed by atoms with Crippen LogP contribution < -0.4 is 15.9 Å². The predicted octanol–water partition coefficient (Wildman–Crippen LogP) is 12.0. The number of allylic oxidation sites excluding steroid dienone is 1. The summed E-state index contributed by atoms with van der Waals surface area (Å²) >= 11 is 0. The zero-order valence-electron chi connectivity index (χ0n) is 32.2. The maximum atomic E-state index is 16.2. The lowest BCUT2D eigenvalue weighted by molar-refractivity contribution is 0.592. The fourth-order valence-corrected chi connectivity index (χ4v) is 12.3. The maximum Gasteiger partial charge on any atom is 0.171 e. The Morgan fingerprint density at radius 1 is 0.441 bits per heavy atom. The van der Waals surface area contributed by atoms with E-state index in [4.69, 9.17) is 4.99 Å². The molecule has 0 radical (unpaired) electrons. The van der Waals surface area contributed by atoms with Crippen molar-refractivity contribution in [1.82, 2.24) is 0 Å². The smallest absolute Gasteiger partial charge is 0.171 e. The van der Waals surface area contributed by atoms with Gasteiger partial charge in [0.25, 0.3) is 0 Å². The molecule has 278 valence electrons. The van der Waals surface area contributed by atoms with E-state index in [1.54, 1.807) is 0 Å². The molecule has 59 heavy (non-hydrogen) atoms. The molecule has 4 heteroatoms. The lowest BCUT2D eigenvalue weighted by Gasteiger charge is -2.33. The first kappa shape index (κ1) is 35.0. The number of benzene rings is 9. The molecule has 0 N–H and O–H groups in total. The third-order valence-electron chi connectivity index (χ3n) is 12.3. The third-order valence-corrected chi connectivity index (χ3v) is 15.3. The molecule has 0 saturated carbocycles. The highest BCUT2D eigenvalue weighted by Gasteiger charge is 2.53. The van der Waals surface area contributed by atoms with E-state index in [0.717, 1.165) is 65.4 Å². The molecule has 0 fully saturated rings. The molecule has 9 aromatic rings. The SMILES string of the molecule is C=NC(=NC1=C(c2ccc(P(=O)(c3ccc4ccccc4c3)c3ccc4ccccc4c3)cc2)C2(c3ccccc31)c1ccccc1-c1ccccc12)c1ccccc1. The monoisotopic (exact) mass is 772 g/mol. The topological polar surface area (TPSA) is 41.8 Å². The highest BCUT2D eigenvalue weighted by atomic mass is 31.2. The van der Waals surface area contributed by atoms with Crippen LogP contribution in [0, 0.1) is 0 Å². The summed E-state index contributed by atoms with van der Waals surface area (Å²) in [6.07, 6.45) is 0. The minimum Gasteiger partial charge on any atom is -0.309 e. The summed E-state index contributed by atoms with van der Waals surface area (Å²) in [5, 5.41) is 6.72. The van der Waals surface area contributed by atoms with Gasteiger partial charge >= 0.3 is 0 Å². The molecule has 0 unspecified atom stereocenters. The molecule has 11 rings (SSSR count). The maximum absolute atomic E-state index is 16.2. The molecular formula is C55H37N2OP. The lowest BCUT2D eigenvalue weighted by atomic mass is 9.68. The van der Waals surface area contributed by atoms with Crippen molar-refractivity contribution < 1.29 is 4.57 Å². The predicted molar refractivity (Wildman–Crippen MR) is 248 cm³/mol. The van der Waals surface area contributed by atoms with E-state index in [-0.39, 0.29) is 0 Å². The van der Waals surface area contributed by atoms with E-state index < -0.39 is 12.6 Å². The van der Waals surface area contributed by atoms with Gasteiger partial charge in [0, 0.05) is 32.6 Å². The number of rotatable bonds is 6. The molecule has 1 spiro atoms. The Morgan fingerprint density at radius 2 is 0.881 bits per heavy atom. The zero-order chi connectivity index (χ0) is 39.6. The third kappa shape index (κ3) is 5.25. The largest absolute Gasteiger partial charge is 0.309 e. The number of hydrogen-bond donors (Lipinski definition) is 0. The van der Waals surface area contributed by atoms with Crippen LogP contribution in [0.2, 0.25) is 0 Å². The summed E-state index contributed by atoms with van der Waals surface area (Å²) < 4.78 is 16.2. The molecule has 2 aliphatic carbocycles. The summed E-state index contributed by atoms with van der Waals surface area (Å²) in [5.74, 6) is 0.554. The molecule has 9 aromatic carbocycles. The van der Waals surface area contributed by atoms with Gasteiger partial charge in [0.15, 0.2) is 13.0 Å². The minimum atomic E-state index is -3.38. The second-order valence-electron chi connectivity index (χ2n) is 15.3. The molecule has 0 amide bonds. The van der Waals surface area contributed by atoms with Gasteiger partial charge in [-0.05, 0) is 73.8 Å². The second kappa shape index (κ2) is 13.7. The van der Waals surface area contributed by atoms with E-state index >= 15 is 4.57 Å². The van der Waals surface area contributed by atoms with Crippen molar-refractivity contribution in [3.05, 3.63) is 246 Å². The van der Waals surface area contributed by atoms with E-state index in [0.29, 0.717) is 5.84 Å². The average Bonchev–Trinajstić information content (AvgIpc) is 3.77. The quantitative estimate of drug-likeness (QED) is 0.0943. The van der Waals surface area contributed by atoms with Crippen molar-refractivity contribution in [2.45, 2.75) is 5.41 Å². The Bertz CT molecular complexity index is 3140. The normalized spacial score (nSPS) is 14.1. The highest BCUT2D eigenvalue weighted by molar-refractivity contribution is 7.85. The minimum absolute atomic E-state index is 0.554. The Balaban J connectivity index is 1.18. The van der Waals surface area contributed by atoms with E-state index in [1.165, 1.54) is 27.8 Å². The Labute approximate surface area is 343 Å². The number of nitrogens with zero attached hydrogens (tertiary/aromatic N) is 2. The average molecular weight is 773 g/mol. The molecular weight excluding hydrogens is 736 g/mol. The van der Waals surface area contributed by atoms with E-state index in [2.05, 4.69) is 157 Å². The molecule has 0 atom stereocenters. The molecule has 0 bridgehead atoms. The van der Waals surface area contributed by atoms with Crippen LogP contribution in [0.15, 0.2) is 222 Å². The number of hydrogen-bond acceptors (Lipinski definition) is 2. The van der Waals surface area contributed by atoms with Crippen LogP contribution in [-0.2, 0) is 9.98 Å². The van der Waals surface area contributed by atoms with Gasteiger partial charge in [-0.1, -0.05) is 200 Å². The van der Waals surface area contributed by atoms with Gasteiger partial charge in [0.1, 0.15) is 0 Å². The van der Waals surface area contributed by atoms with E-state index in [9.17, 15) is 0 Å². The standard InChI is InChI=1S/C55H37N2OP/c1-56-54(40-17-3-2-4-18-40)57-53-48-23-11-14-26-51(48)55(49-24-12-9-21-46(49)47-22-10-13-25-50(47)55)52(53)39-29-31-43(32-30-39)59(58,44-33-27-37-15-5-7-19-41(37)35-44)45-34-28-38-16-6-8-20-42(38)36-45/h2-36H,1H2. The Hall–Kier alpha value is -7.19. The van der Waals surface area contributed by atoms with Crippen LogP contribution in [0.1, 0.15) is 33.4 Å². The van der Waals surface area contributed by atoms with Crippen LogP contribution in [0.5, 0.6) is 0 Å². The summed E-state index contributed by atoms with van der Waals surface area (Å²) in [6.45, 7) is 3.99. The van der Waals surface area contributed by atoms with Gasteiger partial charge in [-0.25, -0.2) is 9.98 Å². The fourth-order valence-electron chi connectivity index (χ4n) is 9.64. The first-order valence-corrected chi connectivity index (χ1v) is 21.6. The van der Waals surface area contributed by atoms with Gasteiger partial charge < -0.3 is 4.57 Å². The summed E-state index contributed by atoms with van der Waals surface area (Å²) in [5.41, 5.74) is 10.2. The number of aliphatic imine (C=N–C) groups is 2. The van der Waals surface area contributed by atoms with Crippen molar-refractivity contribution in [3.8, 4) is 11.1 Å². The zero-order valence-corrected chi connectivity index (χ0v) is 33.1.